The molecule has 1 fully saturated rings. The Kier molecular flexibility index (Phi) is 4.24. The van der Waals surface area contributed by atoms with Crippen LogP contribution in [0, 0.1) is 24.2 Å². The molecule has 0 aromatic heterocycles. The molecule has 0 aliphatic carbocycles. The molecule has 0 N–H and O–H groups in total. The second-order valence-corrected chi connectivity index (χ2v) is 5.96. The van der Waals surface area contributed by atoms with Crippen LogP contribution in [0.15, 0.2) is 18.2 Å². The summed E-state index contributed by atoms with van der Waals surface area (Å²) in [5.74, 6) is 0.716. The summed E-state index contributed by atoms with van der Waals surface area (Å²) in [5, 5.41) is 8.90. The zero-order chi connectivity index (χ0) is 14.0. The van der Waals surface area contributed by atoms with E-state index >= 15 is 0 Å². The molecule has 19 heavy (non-hydrogen) atoms. The molecule has 1 aliphatic heterocycles. The van der Waals surface area contributed by atoms with Crippen LogP contribution in [0.25, 0.3) is 0 Å². The first kappa shape index (κ1) is 14.0. The van der Waals surface area contributed by atoms with Crippen LogP contribution in [-0.4, -0.2) is 43.0 Å². The lowest BCUT2D eigenvalue weighted by Gasteiger charge is -2.22. The second kappa shape index (κ2) is 5.73. The van der Waals surface area contributed by atoms with Gasteiger partial charge in [0.25, 0.3) is 0 Å². The lowest BCUT2D eigenvalue weighted by Crippen LogP contribution is -2.34. The average molecular weight is 257 g/mol. The third-order valence-electron chi connectivity index (χ3n) is 4.18. The van der Waals surface area contributed by atoms with Crippen molar-refractivity contribution in [3.8, 4) is 6.07 Å². The van der Waals surface area contributed by atoms with Gasteiger partial charge in [0, 0.05) is 25.7 Å². The van der Waals surface area contributed by atoms with Gasteiger partial charge in [0.2, 0.25) is 0 Å². The highest BCUT2D eigenvalue weighted by atomic mass is 15.2. The predicted molar refractivity (Wildman–Crippen MR) is 77.8 cm³/mol. The van der Waals surface area contributed by atoms with Gasteiger partial charge in [0.1, 0.15) is 0 Å². The van der Waals surface area contributed by atoms with Crippen LogP contribution < -0.4 is 0 Å². The first-order valence-electron chi connectivity index (χ1n) is 6.89. The lowest BCUT2D eigenvalue weighted by atomic mass is 10.1. The van der Waals surface area contributed by atoms with Crippen LogP contribution >= 0.6 is 0 Å². The number of benzene rings is 1. The van der Waals surface area contributed by atoms with Crippen LogP contribution in [0.5, 0.6) is 0 Å². The van der Waals surface area contributed by atoms with Gasteiger partial charge in [-0.1, -0.05) is 13.0 Å². The largest absolute Gasteiger partial charge is 0.305 e. The molecule has 1 heterocycles. The number of hydrogen-bond acceptors (Lipinski definition) is 3. The Morgan fingerprint density at radius 1 is 1.37 bits per heavy atom. The maximum Gasteiger partial charge on any atom is 0.0991 e. The summed E-state index contributed by atoms with van der Waals surface area (Å²) in [7, 11) is 4.33. The number of hydrogen-bond donors (Lipinski definition) is 0. The zero-order valence-electron chi connectivity index (χ0n) is 12.3. The number of likely N-dealkylation sites (tertiary alicyclic amines) is 1. The summed E-state index contributed by atoms with van der Waals surface area (Å²) in [6.07, 6.45) is 0. The molecule has 1 aromatic rings. The highest BCUT2D eigenvalue weighted by molar-refractivity contribution is 5.37. The molecular weight excluding hydrogens is 234 g/mol. The van der Waals surface area contributed by atoms with Gasteiger partial charge in [-0.2, -0.15) is 5.26 Å². The van der Waals surface area contributed by atoms with Crippen LogP contribution in [-0.2, 0) is 6.54 Å². The summed E-state index contributed by atoms with van der Waals surface area (Å²) < 4.78 is 0. The topological polar surface area (TPSA) is 30.3 Å². The predicted octanol–water partition coefficient (Wildman–Crippen LogP) is 2.25. The number of rotatable bonds is 3. The SMILES string of the molecule is Cc1cc(C#N)ccc1CN1CC(C)C(N(C)C)C1. The Morgan fingerprint density at radius 3 is 2.63 bits per heavy atom. The standard InChI is InChI=1S/C16H23N3/c1-12-7-14(8-17)5-6-15(12)10-19-9-13(2)16(11-19)18(3)4/h5-7,13,16H,9-11H2,1-4H3. The van der Waals surface area contributed by atoms with E-state index in [1.807, 2.05) is 12.1 Å². The van der Waals surface area contributed by atoms with E-state index in [4.69, 9.17) is 5.26 Å². The summed E-state index contributed by atoms with van der Waals surface area (Å²) in [4.78, 5) is 4.85. The molecule has 0 bridgehead atoms. The van der Waals surface area contributed by atoms with Crippen molar-refractivity contribution >= 4 is 0 Å². The van der Waals surface area contributed by atoms with Crippen molar-refractivity contribution in [2.45, 2.75) is 26.4 Å². The van der Waals surface area contributed by atoms with Gasteiger partial charge in [0.05, 0.1) is 11.6 Å². The summed E-state index contributed by atoms with van der Waals surface area (Å²) in [6, 6.07) is 8.85. The Hall–Kier alpha value is -1.37. The molecular formula is C16H23N3. The van der Waals surface area contributed by atoms with E-state index in [0.29, 0.717) is 12.0 Å². The highest BCUT2D eigenvalue weighted by Crippen LogP contribution is 2.23. The minimum absolute atomic E-state index is 0.652. The molecule has 1 aliphatic rings. The fourth-order valence-corrected chi connectivity index (χ4v) is 3.03. The quantitative estimate of drug-likeness (QED) is 0.832. The Balaban J connectivity index is 2.05. The zero-order valence-corrected chi connectivity index (χ0v) is 12.3. The molecule has 0 amide bonds. The van der Waals surface area contributed by atoms with Gasteiger partial charge >= 0.3 is 0 Å². The fraction of sp³-hybridized carbons (Fsp3) is 0.562. The third kappa shape index (κ3) is 3.15. The molecule has 1 saturated heterocycles. The number of nitrogens with zero attached hydrogens (tertiary/aromatic N) is 3. The first-order chi connectivity index (χ1) is 9.01. The van der Waals surface area contributed by atoms with Crippen LogP contribution in [0.1, 0.15) is 23.6 Å². The van der Waals surface area contributed by atoms with Crippen LogP contribution in [0.4, 0.5) is 0 Å². The highest BCUT2D eigenvalue weighted by Gasteiger charge is 2.30. The molecule has 2 atom stereocenters. The Morgan fingerprint density at radius 2 is 2.11 bits per heavy atom. The van der Waals surface area contributed by atoms with E-state index < -0.39 is 0 Å². The maximum atomic E-state index is 8.90. The summed E-state index contributed by atoms with van der Waals surface area (Å²) >= 11 is 0. The van der Waals surface area contributed by atoms with Gasteiger partial charge in [-0.25, -0.2) is 0 Å². The van der Waals surface area contributed by atoms with Crippen LogP contribution in [0.3, 0.4) is 0 Å². The maximum absolute atomic E-state index is 8.90. The lowest BCUT2D eigenvalue weighted by molar-refractivity contribution is 0.250. The summed E-state index contributed by atoms with van der Waals surface area (Å²) in [6.45, 7) is 7.71. The minimum Gasteiger partial charge on any atom is -0.305 e. The smallest absolute Gasteiger partial charge is 0.0991 e. The molecule has 1 aromatic carbocycles. The fourth-order valence-electron chi connectivity index (χ4n) is 3.03. The van der Waals surface area contributed by atoms with Crippen molar-refractivity contribution in [1.29, 1.82) is 5.26 Å². The molecule has 0 saturated carbocycles. The van der Waals surface area contributed by atoms with Gasteiger partial charge in [0.15, 0.2) is 0 Å². The van der Waals surface area contributed by atoms with Crippen molar-refractivity contribution < 1.29 is 0 Å². The van der Waals surface area contributed by atoms with E-state index in [1.54, 1.807) is 0 Å². The average Bonchev–Trinajstić information content (AvgIpc) is 2.73. The van der Waals surface area contributed by atoms with Crippen molar-refractivity contribution in [1.82, 2.24) is 9.80 Å². The molecule has 0 radical (unpaired) electrons. The number of nitriles is 1. The van der Waals surface area contributed by atoms with E-state index in [9.17, 15) is 0 Å². The van der Waals surface area contributed by atoms with Crippen molar-refractivity contribution in [2.75, 3.05) is 27.2 Å². The minimum atomic E-state index is 0.652. The molecule has 2 unspecified atom stereocenters. The number of likely N-dealkylation sites (N-methyl/N-ethyl adjacent to an activating group) is 1. The van der Waals surface area contributed by atoms with Gasteiger partial charge < -0.3 is 4.90 Å². The van der Waals surface area contributed by atoms with E-state index in [2.05, 4.69) is 49.9 Å². The molecule has 102 valence electrons. The summed E-state index contributed by atoms with van der Waals surface area (Å²) in [5.41, 5.74) is 3.31. The van der Waals surface area contributed by atoms with Crippen LogP contribution in [0.2, 0.25) is 0 Å². The van der Waals surface area contributed by atoms with Gasteiger partial charge in [-0.05, 0) is 50.2 Å². The second-order valence-electron chi connectivity index (χ2n) is 5.96. The van der Waals surface area contributed by atoms with Crippen molar-refractivity contribution in [2.24, 2.45) is 5.92 Å². The Bertz CT molecular complexity index is 487. The molecule has 3 nitrogen and oxygen atoms in total. The van der Waals surface area contributed by atoms with E-state index in [1.165, 1.54) is 11.1 Å². The molecule has 2 rings (SSSR count). The van der Waals surface area contributed by atoms with Gasteiger partial charge in [-0.15, -0.1) is 0 Å². The van der Waals surface area contributed by atoms with Crippen molar-refractivity contribution in [3.05, 3.63) is 34.9 Å². The van der Waals surface area contributed by atoms with E-state index in [0.717, 1.165) is 25.2 Å². The number of aryl methyl sites for hydroxylation is 1. The Labute approximate surface area is 116 Å². The van der Waals surface area contributed by atoms with Gasteiger partial charge in [-0.3, -0.25) is 4.90 Å². The van der Waals surface area contributed by atoms with E-state index in [-0.39, 0.29) is 0 Å². The third-order valence-corrected chi connectivity index (χ3v) is 4.18. The molecule has 0 spiro atoms. The normalized spacial score (nSPS) is 23.8. The van der Waals surface area contributed by atoms with Crippen molar-refractivity contribution in [3.63, 3.8) is 0 Å². The monoisotopic (exact) mass is 257 g/mol. The first-order valence-corrected chi connectivity index (χ1v) is 6.89. The molecule has 3 heteroatoms.